The second-order valence-corrected chi connectivity index (χ2v) is 9.90. The Balaban J connectivity index is 1.69. The monoisotopic (exact) mass is 503 g/mol. The van der Waals surface area contributed by atoms with Crippen molar-refractivity contribution in [2.45, 2.75) is 46.2 Å². The zero-order valence-electron chi connectivity index (χ0n) is 22.5. The molecule has 0 spiro atoms. The molecule has 0 aliphatic carbocycles. The summed E-state index contributed by atoms with van der Waals surface area (Å²) in [5.74, 6) is 0.420. The third-order valence-electron chi connectivity index (χ3n) is 6.52. The van der Waals surface area contributed by atoms with Crippen molar-refractivity contribution >= 4 is 11.8 Å². The molecule has 2 aromatic carbocycles. The van der Waals surface area contributed by atoms with E-state index in [2.05, 4.69) is 36.6 Å². The zero-order chi connectivity index (χ0) is 26.5. The number of aryl methyl sites for hydroxylation is 1. The molecule has 6 nitrogen and oxygen atoms in total. The van der Waals surface area contributed by atoms with E-state index in [-0.39, 0.29) is 18.4 Å². The second-order valence-electron chi connectivity index (χ2n) is 9.90. The van der Waals surface area contributed by atoms with Crippen LogP contribution in [0.1, 0.15) is 43.5 Å². The molecule has 3 rings (SSSR count). The van der Waals surface area contributed by atoms with Gasteiger partial charge in [0.1, 0.15) is 0 Å². The summed E-state index contributed by atoms with van der Waals surface area (Å²) >= 11 is 0. The molecular weight excluding hydrogens is 462 g/mol. The van der Waals surface area contributed by atoms with Crippen LogP contribution in [0.15, 0.2) is 79.0 Å². The van der Waals surface area contributed by atoms with Gasteiger partial charge in [-0.2, -0.15) is 0 Å². The molecule has 0 aliphatic heterocycles. The number of ether oxygens (including phenoxy) is 1. The van der Waals surface area contributed by atoms with Crippen molar-refractivity contribution in [3.63, 3.8) is 0 Å². The summed E-state index contributed by atoms with van der Waals surface area (Å²) in [7, 11) is 1.64. The molecule has 0 atom stereocenters. The Morgan fingerprint density at radius 1 is 0.838 bits per heavy atom. The molecule has 2 amide bonds. The number of hydrogen-bond acceptors (Lipinski definition) is 3. The number of rotatable bonds is 15. The summed E-state index contributed by atoms with van der Waals surface area (Å²) < 4.78 is 7.48. The van der Waals surface area contributed by atoms with E-state index >= 15 is 0 Å². The SMILES string of the molecule is COCCN(Cc1cccn1Cc1ccccc1)C(=O)CN(CCC(C)C)C(=O)CCc1ccccc1. The van der Waals surface area contributed by atoms with Crippen LogP contribution in [0.4, 0.5) is 0 Å². The summed E-state index contributed by atoms with van der Waals surface area (Å²) in [6, 6.07) is 24.4. The van der Waals surface area contributed by atoms with E-state index in [4.69, 9.17) is 4.74 Å². The van der Waals surface area contributed by atoms with E-state index in [9.17, 15) is 9.59 Å². The molecule has 1 aromatic heterocycles. The van der Waals surface area contributed by atoms with Crippen LogP contribution in [-0.2, 0) is 33.8 Å². The first-order valence-corrected chi connectivity index (χ1v) is 13.2. The second kappa shape index (κ2) is 15.0. The lowest BCUT2D eigenvalue weighted by atomic mass is 10.1. The first kappa shape index (κ1) is 28.2. The maximum absolute atomic E-state index is 13.5. The van der Waals surface area contributed by atoms with Gasteiger partial charge in [0, 0.05) is 45.1 Å². The van der Waals surface area contributed by atoms with Crippen molar-refractivity contribution in [2.24, 2.45) is 5.92 Å². The molecule has 6 heteroatoms. The number of carbonyl (C=O) groups excluding carboxylic acids is 2. The molecule has 0 fully saturated rings. The summed E-state index contributed by atoms with van der Waals surface area (Å²) in [6.45, 7) is 7.08. The minimum absolute atomic E-state index is 0.0250. The van der Waals surface area contributed by atoms with Crippen molar-refractivity contribution in [2.75, 3.05) is 33.4 Å². The van der Waals surface area contributed by atoms with Gasteiger partial charge in [0.2, 0.25) is 11.8 Å². The van der Waals surface area contributed by atoms with Crippen molar-refractivity contribution in [1.29, 1.82) is 0 Å². The largest absolute Gasteiger partial charge is 0.383 e. The minimum Gasteiger partial charge on any atom is -0.383 e. The van der Waals surface area contributed by atoms with Gasteiger partial charge in [-0.25, -0.2) is 0 Å². The molecule has 0 N–H and O–H groups in total. The van der Waals surface area contributed by atoms with Gasteiger partial charge in [0.25, 0.3) is 0 Å². The third kappa shape index (κ3) is 9.54. The normalized spacial score (nSPS) is 11.0. The number of methoxy groups -OCH3 is 1. The predicted octanol–water partition coefficient (Wildman–Crippen LogP) is 5.02. The topological polar surface area (TPSA) is 54.8 Å². The fraction of sp³-hybridized carbons (Fsp3) is 0.419. The number of nitrogens with zero attached hydrogens (tertiary/aromatic N) is 3. The van der Waals surface area contributed by atoms with Crippen LogP contribution in [0.3, 0.4) is 0 Å². The van der Waals surface area contributed by atoms with Gasteiger partial charge in [-0.15, -0.1) is 0 Å². The molecule has 37 heavy (non-hydrogen) atoms. The highest BCUT2D eigenvalue weighted by Crippen LogP contribution is 2.13. The molecular formula is C31H41N3O3. The van der Waals surface area contributed by atoms with Gasteiger partial charge >= 0.3 is 0 Å². The molecule has 0 bridgehead atoms. The van der Waals surface area contributed by atoms with Crippen molar-refractivity contribution in [3.8, 4) is 0 Å². The quantitative estimate of drug-likeness (QED) is 0.293. The molecule has 1 heterocycles. The highest BCUT2D eigenvalue weighted by atomic mass is 16.5. The Labute approximate surface area is 221 Å². The van der Waals surface area contributed by atoms with E-state index in [1.165, 1.54) is 5.56 Å². The Morgan fingerprint density at radius 2 is 1.51 bits per heavy atom. The van der Waals surface area contributed by atoms with Crippen LogP contribution in [-0.4, -0.2) is 59.5 Å². The van der Waals surface area contributed by atoms with Crippen LogP contribution in [0.5, 0.6) is 0 Å². The maximum Gasteiger partial charge on any atom is 0.242 e. The standard InChI is InChI=1S/C31H41N3O3/c1-26(2)18-20-33(30(35)17-16-27-11-6-4-7-12-27)25-31(36)34(21-22-37-3)24-29-15-10-19-32(29)23-28-13-8-5-9-14-28/h4-15,19,26H,16-18,20-25H2,1-3H3. The lowest BCUT2D eigenvalue weighted by Gasteiger charge is -2.28. The Hall–Kier alpha value is -3.38. The minimum atomic E-state index is -0.0543. The number of amides is 2. The number of aromatic nitrogens is 1. The van der Waals surface area contributed by atoms with Crippen LogP contribution in [0.25, 0.3) is 0 Å². The zero-order valence-corrected chi connectivity index (χ0v) is 22.5. The molecule has 0 saturated carbocycles. The highest BCUT2D eigenvalue weighted by molar-refractivity contribution is 5.85. The number of benzene rings is 2. The molecule has 198 valence electrons. The predicted molar refractivity (Wildman–Crippen MR) is 148 cm³/mol. The van der Waals surface area contributed by atoms with Crippen molar-refractivity contribution < 1.29 is 14.3 Å². The molecule has 0 radical (unpaired) electrons. The highest BCUT2D eigenvalue weighted by Gasteiger charge is 2.22. The van der Waals surface area contributed by atoms with Gasteiger partial charge in [-0.1, -0.05) is 74.5 Å². The van der Waals surface area contributed by atoms with Crippen molar-refractivity contribution in [1.82, 2.24) is 14.4 Å². The lowest BCUT2D eigenvalue weighted by molar-refractivity contribution is -0.141. The lowest BCUT2D eigenvalue weighted by Crippen LogP contribution is -2.44. The van der Waals surface area contributed by atoms with Crippen LogP contribution in [0, 0.1) is 5.92 Å². The summed E-state index contributed by atoms with van der Waals surface area (Å²) in [5, 5.41) is 0. The maximum atomic E-state index is 13.5. The van der Waals surface area contributed by atoms with Crippen LogP contribution in [0.2, 0.25) is 0 Å². The first-order valence-electron chi connectivity index (χ1n) is 13.2. The Bertz CT molecular complexity index is 1080. The fourth-order valence-electron chi connectivity index (χ4n) is 4.24. The van der Waals surface area contributed by atoms with Crippen LogP contribution >= 0.6 is 0 Å². The first-order chi connectivity index (χ1) is 18.0. The van der Waals surface area contributed by atoms with Gasteiger partial charge in [0.15, 0.2) is 0 Å². The van der Waals surface area contributed by atoms with Crippen molar-refractivity contribution in [3.05, 3.63) is 95.8 Å². The third-order valence-corrected chi connectivity index (χ3v) is 6.52. The number of carbonyl (C=O) groups is 2. The molecule has 0 saturated heterocycles. The fourth-order valence-corrected chi connectivity index (χ4v) is 4.24. The van der Waals surface area contributed by atoms with Gasteiger partial charge in [-0.05, 0) is 42.0 Å². The Kier molecular flexibility index (Phi) is 11.4. The van der Waals surface area contributed by atoms with Gasteiger partial charge < -0.3 is 19.1 Å². The van der Waals surface area contributed by atoms with Gasteiger partial charge in [-0.3, -0.25) is 9.59 Å². The van der Waals surface area contributed by atoms with E-state index in [1.807, 2.05) is 65.7 Å². The summed E-state index contributed by atoms with van der Waals surface area (Å²) in [5.41, 5.74) is 3.39. The summed E-state index contributed by atoms with van der Waals surface area (Å²) in [4.78, 5) is 30.3. The Morgan fingerprint density at radius 3 is 2.16 bits per heavy atom. The van der Waals surface area contributed by atoms with E-state index in [1.54, 1.807) is 12.0 Å². The van der Waals surface area contributed by atoms with Gasteiger partial charge in [0.05, 0.1) is 19.7 Å². The smallest absolute Gasteiger partial charge is 0.242 e. The number of hydrogen-bond donors (Lipinski definition) is 0. The van der Waals surface area contributed by atoms with Crippen LogP contribution < -0.4 is 0 Å². The van der Waals surface area contributed by atoms with E-state index in [0.29, 0.717) is 45.0 Å². The van der Waals surface area contributed by atoms with E-state index < -0.39 is 0 Å². The molecule has 3 aromatic rings. The van der Waals surface area contributed by atoms with E-state index in [0.717, 1.165) is 24.2 Å². The molecule has 0 aliphatic rings. The molecule has 0 unspecified atom stereocenters. The average Bonchev–Trinajstić information content (AvgIpc) is 3.34. The summed E-state index contributed by atoms with van der Waals surface area (Å²) in [6.07, 6.45) is 3.98. The average molecular weight is 504 g/mol.